The fraction of sp³-hybridized carbons (Fsp3) is 0.429. The Bertz CT molecular complexity index is 420. The number of carbonyl (C=O) groups excluding carboxylic acids is 1. The van der Waals surface area contributed by atoms with Crippen LogP contribution >= 0.6 is 0 Å². The number of hydrogen-bond donors (Lipinski definition) is 3. The first-order chi connectivity index (χ1) is 9.02. The molecular formula is C14H20N2O3. The van der Waals surface area contributed by atoms with Crippen molar-refractivity contribution < 1.29 is 14.7 Å². The Morgan fingerprint density at radius 2 is 1.84 bits per heavy atom. The van der Waals surface area contributed by atoms with E-state index >= 15 is 0 Å². The number of nitrogens with one attached hydrogen (secondary N) is 2. The van der Waals surface area contributed by atoms with Crippen LogP contribution in [0.15, 0.2) is 30.3 Å². The van der Waals surface area contributed by atoms with Gasteiger partial charge in [0, 0.05) is 12.5 Å². The summed E-state index contributed by atoms with van der Waals surface area (Å²) in [5, 5.41) is 14.3. The van der Waals surface area contributed by atoms with Crippen LogP contribution in [0.2, 0.25) is 0 Å². The Kier molecular flexibility index (Phi) is 5.85. The van der Waals surface area contributed by atoms with Crippen molar-refractivity contribution in [2.24, 2.45) is 0 Å². The van der Waals surface area contributed by atoms with Gasteiger partial charge in [-0.05, 0) is 18.9 Å². The van der Waals surface area contributed by atoms with E-state index in [4.69, 9.17) is 5.11 Å². The minimum atomic E-state index is -1.04. The molecular weight excluding hydrogens is 244 g/mol. The summed E-state index contributed by atoms with van der Waals surface area (Å²) in [6, 6.07) is 7.87. The van der Waals surface area contributed by atoms with Crippen LogP contribution in [0, 0.1) is 0 Å². The Hall–Kier alpha value is -2.04. The molecule has 0 spiro atoms. The molecule has 5 nitrogen and oxygen atoms in total. The SMILES string of the molecule is CCC(C)NC(=O)N[C@@H](Cc1ccccc1)C(=O)O. The average molecular weight is 264 g/mol. The third-order valence-corrected chi connectivity index (χ3v) is 2.88. The number of rotatable bonds is 6. The van der Waals surface area contributed by atoms with Gasteiger partial charge in [-0.25, -0.2) is 9.59 Å². The monoisotopic (exact) mass is 264 g/mol. The highest BCUT2D eigenvalue weighted by atomic mass is 16.4. The lowest BCUT2D eigenvalue weighted by Gasteiger charge is -2.17. The number of carboxylic acids is 1. The number of benzene rings is 1. The van der Waals surface area contributed by atoms with E-state index in [1.165, 1.54) is 0 Å². The van der Waals surface area contributed by atoms with Crippen molar-refractivity contribution in [3.05, 3.63) is 35.9 Å². The lowest BCUT2D eigenvalue weighted by Crippen LogP contribution is -2.49. The van der Waals surface area contributed by atoms with E-state index in [1.807, 2.05) is 44.2 Å². The molecule has 2 amide bonds. The van der Waals surface area contributed by atoms with Crippen LogP contribution in [0.3, 0.4) is 0 Å². The summed E-state index contributed by atoms with van der Waals surface area (Å²) in [5.74, 6) is -1.04. The Morgan fingerprint density at radius 3 is 2.37 bits per heavy atom. The molecule has 104 valence electrons. The van der Waals surface area contributed by atoms with E-state index in [0.717, 1.165) is 12.0 Å². The van der Waals surface area contributed by atoms with Gasteiger partial charge in [0.1, 0.15) is 6.04 Å². The molecule has 5 heteroatoms. The van der Waals surface area contributed by atoms with E-state index in [2.05, 4.69) is 10.6 Å². The molecule has 19 heavy (non-hydrogen) atoms. The first kappa shape index (κ1) is 15.0. The van der Waals surface area contributed by atoms with E-state index in [-0.39, 0.29) is 12.5 Å². The van der Waals surface area contributed by atoms with Gasteiger partial charge in [-0.1, -0.05) is 37.3 Å². The molecule has 0 saturated carbocycles. The normalized spacial score (nSPS) is 13.4. The van der Waals surface area contributed by atoms with Crippen molar-refractivity contribution in [3.63, 3.8) is 0 Å². The Balaban J connectivity index is 2.59. The molecule has 0 aromatic heterocycles. The highest BCUT2D eigenvalue weighted by molar-refractivity contribution is 5.82. The molecule has 0 aliphatic heterocycles. The van der Waals surface area contributed by atoms with Crippen LogP contribution in [0.4, 0.5) is 4.79 Å². The van der Waals surface area contributed by atoms with Crippen molar-refractivity contribution in [1.29, 1.82) is 0 Å². The summed E-state index contributed by atoms with van der Waals surface area (Å²) in [5.41, 5.74) is 0.874. The predicted octanol–water partition coefficient (Wildman–Crippen LogP) is 1.78. The fourth-order valence-electron chi connectivity index (χ4n) is 1.58. The van der Waals surface area contributed by atoms with Crippen molar-refractivity contribution >= 4 is 12.0 Å². The number of aliphatic carboxylic acids is 1. The van der Waals surface area contributed by atoms with E-state index < -0.39 is 18.0 Å². The molecule has 3 N–H and O–H groups in total. The number of carboxylic acid groups (broad SMARTS) is 1. The molecule has 1 aromatic rings. The molecule has 0 saturated heterocycles. The summed E-state index contributed by atoms with van der Waals surface area (Å²) in [6.07, 6.45) is 1.06. The van der Waals surface area contributed by atoms with Gasteiger partial charge in [0.2, 0.25) is 0 Å². The lowest BCUT2D eigenvalue weighted by molar-refractivity contribution is -0.139. The van der Waals surface area contributed by atoms with Gasteiger partial charge < -0.3 is 15.7 Å². The van der Waals surface area contributed by atoms with Crippen molar-refractivity contribution in [2.45, 2.75) is 38.8 Å². The maximum absolute atomic E-state index is 11.6. The summed E-state index contributed by atoms with van der Waals surface area (Å²) >= 11 is 0. The summed E-state index contributed by atoms with van der Waals surface area (Å²) in [6.45, 7) is 3.82. The summed E-state index contributed by atoms with van der Waals surface area (Å²) < 4.78 is 0. The zero-order valence-electron chi connectivity index (χ0n) is 11.2. The summed E-state index contributed by atoms with van der Waals surface area (Å²) in [7, 11) is 0. The average Bonchev–Trinajstić information content (AvgIpc) is 2.38. The predicted molar refractivity (Wildman–Crippen MR) is 73.0 cm³/mol. The van der Waals surface area contributed by atoms with Crippen LogP contribution in [0.1, 0.15) is 25.8 Å². The van der Waals surface area contributed by atoms with Gasteiger partial charge in [-0.2, -0.15) is 0 Å². The van der Waals surface area contributed by atoms with Gasteiger partial charge in [0.25, 0.3) is 0 Å². The second kappa shape index (κ2) is 7.41. The van der Waals surface area contributed by atoms with Gasteiger partial charge in [-0.3, -0.25) is 0 Å². The van der Waals surface area contributed by atoms with E-state index in [0.29, 0.717) is 0 Å². The molecule has 1 aromatic carbocycles. The minimum Gasteiger partial charge on any atom is -0.480 e. The second-order valence-corrected chi connectivity index (χ2v) is 4.51. The van der Waals surface area contributed by atoms with Crippen molar-refractivity contribution in [2.75, 3.05) is 0 Å². The third-order valence-electron chi connectivity index (χ3n) is 2.88. The third kappa shape index (κ3) is 5.42. The van der Waals surface area contributed by atoms with Gasteiger partial charge in [-0.15, -0.1) is 0 Å². The van der Waals surface area contributed by atoms with Crippen LogP contribution in [-0.4, -0.2) is 29.2 Å². The smallest absolute Gasteiger partial charge is 0.326 e. The largest absolute Gasteiger partial charge is 0.480 e. The fourth-order valence-corrected chi connectivity index (χ4v) is 1.58. The highest BCUT2D eigenvalue weighted by Gasteiger charge is 2.20. The van der Waals surface area contributed by atoms with E-state index in [9.17, 15) is 9.59 Å². The molecule has 1 rings (SSSR count). The molecule has 1 unspecified atom stereocenters. The zero-order chi connectivity index (χ0) is 14.3. The molecule has 2 atom stereocenters. The maximum Gasteiger partial charge on any atom is 0.326 e. The van der Waals surface area contributed by atoms with Crippen molar-refractivity contribution in [3.8, 4) is 0 Å². The van der Waals surface area contributed by atoms with Crippen LogP contribution < -0.4 is 10.6 Å². The number of amides is 2. The van der Waals surface area contributed by atoms with Gasteiger partial charge in [0.05, 0.1) is 0 Å². The molecule has 0 fully saturated rings. The number of carbonyl (C=O) groups is 2. The van der Waals surface area contributed by atoms with Crippen LogP contribution in [0.5, 0.6) is 0 Å². The van der Waals surface area contributed by atoms with Gasteiger partial charge in [0.15, 0.2) is 0 Å². The highest BCUT2D eigenvalue weighted by Crippen LogP contribution is 2.03. The quantitative estimate of drug-likeness (QED) is 0.733. The Morgan fingerprint density at radius 1 is 1.21 bits per heavy atom. The first-order valence-corrected chi connectivity index (χ1v) is 6.36. The lowest BCUT2D eigenvalue weighted by atomic mass is 10.1. The Labute approximate surface area is 113 Å². The second-order valence-electron chi connectivity index (χ2n) is 4.51. The number of urea groups is 1. The molecule has 0 bridgehead atoms. The molecule has 0 heterocycles. The maximum atomic E-state index is 11.6. The van der Waals surface area contributed by atoms with E-state index in [1.54, 1.807) is 0 Å². The molecule has 0 aliphatic rings. The molecule has 0 aliphatic carbocycles. The summed E-state index contributed by atoms with van der Waals surface area (Å²) in [4.78, 5) is 22.8. The van der Waals surface area contributed by atoms with Crippen molar-refractivity contribution in [1.82, 2.24) is 10.6 Å². The number of hydrogen-bond acceptors (Lipinski definition) is 2. The molecule has 0 radical (unpaired) electrons. The van der Waals surface area contributed by atoms with Gasteiger partial charge >= 0.3 is 12.0 Å². The minimum absolute atomic E-state index is 0.0196. The zero-order valence-corrected chi connectivity index (χ0v) is 11.2. The van der Waals surface area contributed by atoms with Crippen LogP contribution in [-0.2, 0) is 11.2 Å². The first-order valence-electron chi connectivity index (χ1n) is 6.36. The standard InChI is InChI=1S/C14H20N2O3/c1-3-10(2)15-14(19)16-12(13(17)18)9-11-7-5-4-6-8-11/h4-8,10,12H,3,9H2,1-2H3,(H,17,18)(H2,15,16,19)/t10?,12-/m0/s1. The van der Waals surface area contributed by atoms with Crippen LogP contribution in [0.25, 0.3) is 0 Å². The topological polar surface area (TPSA) is 78.4 Å².